The van der Waals surface area contributed by atoms with Crippen molar-refractivity contribution in [3.63, 3.8) is 0 Å². The molecule has 4 rings (SSSR count). The second kappa shape index (κ2) is 6.61. The lowest BCUT2D eigenvalue weighted by Gasteiger charge is -2.37. The molecular weight excluding hydrogens is 353 g/mol. The topological polar surface area (TPSA) is 84.8 Å². The Labute approximate surface area is 155 Å². The van der Waals surface area contributed by atoms with Crippen molar-refractivity contribution in [1.82, 2.24) is 10.3 Å². The summed E-state index contributed by atoms with van der Waals surface area (Å²) < 4.78 is 31.7. The van der Waals surface area contributed by atoms with Gasteiger partial charge >= 0.3 is 0 Å². The third kappa shape index (κ3) is 2.89. The predicted molar refractivity (Wildman–Crippen MR) is 97.1 cm³/mol. The Morgan fingerprint density at radius 3 is 2.48 bits per heavy atom. The van der Waals surface area contributed by atoms with E-state index in [4.69, 9.17) is 13.8 Å². The van der Waals surface area contributed by atoms with E-state index >= 15 is 4.39 Å². The summed E-state index contributed by atoms with van der Waals surface area (Å²) in [6, 6.07) is 1.73. The van der Waals surface area contributed by atoms with Crippen LogP contribution in [-0.4, -0.2) is 40.7 Å². The highest BCUT2D eigenvalue weighted by atomic mass is 19.1. The molecule has 144 valence electrons. The third-order valence-electron chi connectivity index (χ3n) is 4.93. The van der Waals surface area contributed by atoms with Crippen molar-refractivity contribution in [3.8, 4) is 11.3 Å². The number of aliphatic hydroxyl groups excluding tert-OH is 1. The number of benzene rings is 1. The predicted octanol–water partition coefficient (Wildman–Crippen LogP) is 3.34. The van der Waals surface area contributed by atoms with Crippen molar-refractivity contribution in [2.24, 2.45) is 0 Å². The van der Waals surface area contributed by atoms with E-state index in [9.17, 15) is 5.11 Å². The van der Waals surface area contributed by atoms with Crippen LogP contribution in [0.4, 0.5) is 10.1 Å². The Kier molecular flexibility index (Phi) is 4.39. The molecule has 1 fully saturated rings. The number of anilines is 1. The van der Waals surface area contributed by atoms with E-state index in [0.29, 0.717) is 52.4 Å². The monoisotopic (exact) mass is 375 g/mol. The second-order valence-corrected chi connectivity index (χ2v) is 7.13. The lowest BCUT2D eigenvalue weighted by Crippen LogP contribution is -2.46. The van der Waals surface area contributed by atoms with Gasteiger partial charge in [0.2, 0.25) is 5.58 Å². The fourth-order valence-electron chi connectivity index (χ4n) is 3.90. The van der Waals surface area contributed by atoms with Gasteiger partial charge in [-0.3, -0.25) is 0 Å². The molecule has 7 nitrogen and oxygen atoms in total. The Morgan fingerprint density at radius 1 is 1.19 bits per heavy atom. The first-order valence-electron chi connectivity index (χ1n) is 8.96. The van der Waals surface area contributed by atoms with E-state index < -0.39 is 5.82 Å². The molecule has 1 N–H and O–H groups in total. The third-order valence-corrected chi connectivity index (χ3v) is 4.93. The first-order chi connectivity index (χ1) is 12.9. The highest BCUT2D eigenvalue weighted by Crippen LogP contribution is 2.39. The highest BCUT2D eigenvalue weighted by Gasteiger charge is 2.30. The molecule has 0 amide bonds. The van der Waals surface area contributed by atoms with Crippen LogP contribution in [0.2, 0.25) is 0 Å². The van der Waals surface area contributed by atoms with Crippen molar-refractivity contribution in [2.75, 3.05) is 18.0 Å². The molecule has 8 heteroatoms. The maximum atomic E-state index is 15.4. The van der Waals surface area contributed by atoms with Crippen LogP contribution in [0, 0.1) is 19.7 Å². The van der Waals surface area contributed by atoms with Gasteiger partial charge in [0.25, 0.3) is 0 Å². The first kappa shape index (κ1) is 17.9. The summed E-state index contributed by atoms with van der Waals surface area (Å²) in [5, 5.41) is 18.4. The number of hydrogen-bond acceptors (Lipinski definition) is 7. The molecule has 0 spiro atoms. The molecule has 0 unspecified atom stereocenters. The normalized spacial score (nSPS) is 20.6. The zero-order chi connectivity index (χ0) is 19.3. The van der Waals surface area contributed by atoms with Gasteiger partial charge in [0.1, 0.15) is 11.5 Å². The summed E-state index contributed by atoms with van der Waals surface area (Å²) in [7, 11) is 0. The zero-order valence-electron chi connectivity index (χ0n) is 15.7. The minimum absolute atomic E-state index is 0.0389. The minimum Gasteiger partial charge on any atom is -0.392 e. The van der Waals surface area contributed by atoms with Crippen molar-refractivity contribution in [3.05, 3.63) is 28.9 Å². The molecule has 2 aromatic heterocycles. The van der Waals surface area contributed by atoms with E-state index in [1.165, 1.54) is 0 Å². The molecule has 1 aliphatic rings. The molecule has 3 aromatic rings. The molecule has 1 aliphatic heterocycles. The van der Waals surface area contributed by atoms with E-state index in [-0.39, 0.29) is 24.4 Å². The first-order valence-corrected chi connectivity index (χ1v) is 8.96. The summed E-state index contributed by atoms with van der Waals surface area (Å²) in [5.41, 5.74) is 2.67. The minimum atomic E-state index is -0.525. The number of hydrogen-bond donors (Lipinski definition) is 1. The molecule has 0 radical (unpaired) electrons. The van der Waals surface area contributed by atoms with Gasteiger partial charge in [0, 0.05) is 18.7 Å². The lowest BCUT2D eigenvalue weighted by molar-refractivity contribution is -0.00549. The number of aromatic nitrogens is 2. The van der Waals surface area contributed by atoms with Gasteiger partial charge in [-0.15, -0.1) is 0 Å². The molecule has 0 aliphatic carbocycles. The van der Waals surface area contributed by atoms with Gasteiger partial charge in [-0.1, -0.05) is 10.3 Å². The Hall–Kier alpha value is -2.45. The van der Waals surface area contributed by atoms with Crippen LogP contribution in [0.5, 0.6) is 0 Å². The van der Waals surface area contributed by atoms with E-state index in [2.05, 4.69) is 10.3 Å². The Balaban J connectivity index is 1.90. The number of nitrogens with zero attached hydrogens (tertiary/aromatic N) is 3. The van der Waals surface area contributed by atoms with Gasteiger partial charge in [0.05, 0.1) is 41.1 Å². The van der Waals surface area contributed by atoms with Crippen LogP contribution in [0.3, 0.4) is 0 Å². The van der Waals surface area contributed by atoms with Crippen LogP contribution in [0.1, 0.15) is 30.9 Å². The van der Waals surface area contributed by atoms with Gasteiger partial charge in [-0.05, 0) is 33.8 Å². The van der Waals surface area contributed by atoms with Gasteiger partial charge in [0.15, 0.2) is 5.82 Å². The fraction of sp³-hybridized carbons (Fsp3) is 0.474. The fourth-order valence-corrected chi connectivity index (χ4v) is 3.90. The highest BCUT2D eigenvalue weighted by molar-refractivity contribution is 5.95. The largest absolute Gasteiger partial charge is 0.392 e. The van der Waals surface area contributed by atoms with Crippen LogP contribution in [0.25, 0.3) is 22.2 Å². The van der Waals surface area contributed by atoms with E-state index in [1.54, 1.807) is 19.9 Å². The van der Waals surface area contributed by atoms with Crippen LogP contribution >= 0.6 is 0 Å². The summed E-state index contributed by atoms with van der Waals surface area (Å²) in [4.78, 5) is 1.90. The van der Waals surface area contributed by atoms with Gasteiger partial charge in [-0.25, -0.2) is 4.39 Å². The summed E-state index contributed by atoms with van der Waals surface area (Å²) in [5.74, 6) is 0.0527. The van der Waals surface area contributed by atoms with Crippen molar-refractivity contribution >= 4 is 16.7 Å². The molecule has 1 aromatic carbocycles. The number of ether oxygens (including phenoxy) is 1. The molecule has 3 heterocycles. The Bertz CT molecular complexity index is 967. The number of aliphatic hydroxyl groups is 1. The molecule has 0 bridgehead atoms. The van der Waals surface area contributed by atoms with Gasteiger partial charge < -0.3 is 23.8 Å². The maximum Gasteiger partial charge on any atom is 0.205 e. The zero-order valence-corrected chi connectivity index (χ0v) is 15.7. The summed E-state index contributed by atoms with van der Waals surface area (Å²) in [6.45, 7) is 8.22. The number of aryl methyl sites for hydroxylation is 2. The van der Waals surface area contributed by atoms with E-state index in [0.717, 1.165) is 0 Å². The van der Waals surface area contributed by atoms with Crippen molar-refractivity contribution < 1.29 is 23.3 Å². The smallest absolute Gasteiger partial charge is 0.205 e. The molecule has 2 atom stereocenters. The van der Waals surface area contributed by atoms with Crippen LogP contribution in [0.15, 0.2) is 15.1 Å². The average Bonchev–Trinajstić information content (AvgIpc) is 3.16. The number of rotatable bonds is 3. The SMILES string of the molecule is Cc1noc(C)c1-c1noc2c(F)c(N3C[C@@H](C)O[C@@H](C)C3)c(CO)cc12. The quantitative estimate of drug-likeness (QED) is 0.751. The van der Waals surface area contributed by atoms with Gasteiger partial charge in [-0.2, -0.15) is 0 Å². The second-order valence-electron chi connectivity index (χ2n) is 7.13. The van der Waals surface area contributed by atoms with Crippen molar-refractivity contribution in [1.29, 1.82) is 0 Å². The number of fused-ring (bicyclic) bond motifs is 1. The number of halogens is 1. The molecule has 0 saturated carbocycles. The molecule has 1 saturated heterocycles. The van der Waals surface area contributed by atoms with Crippen LogP contribution < -0.4 is 4.90 Å². The lowest BCUT2D eigenvalue weighted by atomic mass is 10.0. The molecule has 27 heavy (non-hydrogen) atoms. The summed E-state index contributed by atoms with van der Waals surface area (Å²) >= 11 is 0. The van der Waals surface area contributed by atoms with E-state index in [1.807, 2.05) is 18.7 Å². The summed E-state index contributed by atoms with van der Waals surface area (Å²) in [6.07, 6.45) is -0.0778. The Morgan fingerprint density at radius 2 is 1.89 bits per heavy atom. The average molecular weight is 375 g/mol. The standard InChI is InChI=1S/C19H22FN3O4/c1-9-6-23(7-10(2)25-9)18-13(8-24)5-14-17(22-27-19(14)16(18)20)15-11(3)21-26-12(15)4/h5,9-10,24H,6-8H2,1-4H3/t9-,10+. The van der Waals surface area contributed by atoms with Crippen molar-refractivity contribution in [2.45, 2.75) is 46.5 Å². The van der Waals surface area contributed by atoms with Crippen LogP contribution in [-0.2, 0) is 11.3 Å². The molecular formula is C19H22FN3O4. The number of morpholine rings is 1. The maximum absolute atomic E-state index is 15.4.